The second kappa shape index (κ2) is 22.9. The van der Waals surface area contributed by atoms with Crippen molar-refractivity contribution >= 4 is 64.4 Å². The Balaban J connectivity index is 0.000000193. The molecule has 4 aliphatic heterocycles. The third kappa shape index (κ3) is 12.4. The number of nitrogens with two attached hydrogens (primary N) is 3. The van der Waals surface area contributed by atoms with E-state index in [1.807, 2.05) is 9.80 Å². The molecule has 2 atom stereocenters. The van der Waals surface area contributed by atoms with E-state index in [0.29, 0.717) is 112 Å². The Bertz CT molecular complexity index is 2630. The standard InChI is InChI=1S/C26H29N9O4.C20H26N8O3/c27-22(36)21-23(29-18-8-6-17(7-9-18)25(38)34-12-14-39-15-13-34)31-26(33-32-21)35-11-3-4-19(16-35)30-24(37)20-5-1-2-10-28-20;21-14-2-1-7-28(12-14)20-24-18(16(17(22)29)25-26-20)23-15-5-3-13(4-6-15)19(30)27-8-10-31-11-9-27/h1-2,5-10,19H,3-4,11-16H2,(H2,27,36)(H,30,37)(H,29,31,33);3-6,14H,1-2,7-12,21H2,(H2,22,29)(H,23,24,26)/t19-;14-/m11/s1. The number of hydrogen-bond acceptors (Lipinski definition) is 19. The Kier molecular flexibility index (Phi) is 15.9. The molecule has 9 rings (SSSR count). The highest BCUT2D eigenvalue weighted by atomic mass is 16.5. The van der Waals surface area contributed by atoms with Gasteiger partial charge in [-0.2, -0.15) is 9.97 Å². The van der Waals surface area contributed by atoms with Gasteiger partial charge in [0.25, 0.3) is 29.5 Å². The molecule has 7 heterocycles. The van der Waals surface area contributed by atoms with E-state index >= 15 is 0 Å². The average Bonchev–Trinajstić information content (AvgIpc) is 3.39. The lowest BCUT2D eigenvalue weighted by atomic mass is 10.1. The minimum atomic E-state index is -0.776. The van der Waals surface area contributed by atoms with Crippen LogP contribution in [0.3, 0.4) is 0 Å². The molecular weight excluding hydrogens is 903 g/mol. The van der Waals surface area contributed by atoms with E-state index in [0.717, 1.165) is 32.2 Å². The van der Waals surface area contributed by atoms with Gasteiger partial charge in [0.15, 0.2) is 23.0 Å². The molecule has 0 aliphatic carbocycles. The Morgan fingerprint density at radius 2 is 1.07 bits per heavy atom. The number of amides is 5. The van der Waals surface area contributed by atoms with Crippen molar-refractivity contribution in [2.24, 2.45) is 17.2 Å². The Hall–Kier alpha value is -7.96. The van der Waals surface area contributed by atoms with E-state index < -0.39 is 11.8 Å². The molecule has 70 heavy (non-hydrogen) atoms. The summed E-state index contributed by atoms with van der Waals surface area (Å²) in [5.41, 5.74) is 19.6. The number of ether oxygens (including phenoxy) is 2. The highest BCUT2D eigenvalue weighted by Crippen LogP contribution is 2.25. The first-order chi connectivity index (χ1) is 34.0. The predicted molar refractivity (Wildman–Crippen MR) is 256 cm³/mol. The monoisotopic (exact) mass is 957 g/mol. The summed E-state index contributed by atoms with van der Waals surface area (Å²) < 4.78 is 10.6. The highest BCUT2D eigenvalue weighted by Gasteiger charge is 2.27. The second-order valence-electron chi connectivity index (χ2n) is 16.9. The maximum Gasteiger partial charge on any atom is 0.273 e. The average molecular weight is 958 g/mol. The number of rotatable bonds is 12. The van der Waals surface area contributed by atoms with Crippen LogP contribution in [0.15, 0.2) is 72.9 Å². The molecule has 0 unspecified atom stereocenters. The number of carbonyl (C=O) groups is 5. The fourth-order valence-electron chi connectivity index (χ4n) is 8.20. The summed E-state index contributed by atoms with van der Waals surface area (Å²) in [5, 5.41) is 25.4. The molecule has 0 spiro atoms. The highest BCUT2D eigenvalue weighted by molar-refractivity contribution is 5.98. The molecule has 9 N–H and O–H groups in total. The zero-order valence-corrected chi connectivity index (χ0v) is 38.4. The summed E-state index contributed by atoms with van der Waals surface area (Å²) in [7, 11) is 0. The number of aromatic nitrogens is 7. The van der Waals surface area contributed by atoms with Gasteiger partial charge in [0, 0.05) is 93.1 Å². The van der Waals surface area contributed by atoms with Gasteiger partial charge in [-0.15, -0.1) is 20.4 Å². The quantitative estimate of drug-likeness (QED) is 0.102. The summed E-state index contributed by atoms with van der Waals surface area (Å²) in [4.78, 5) is 82.2. The third-order valence-corrected chi connectivity index (χ3v) is 11.9. The van der Waals surface area contributed by atoms with Crippen LogP contribution in [0.5, 0.6) is 0 Å². The maximum atomic E-state index is 12.7. The largest absolute Gasteiger partial charge is 0.378 e. The maximum absolute atomic E-state index is 12.7. The lowest BCUT2D eigenvalue weighted by Gasteiger charge is -2.33. The molecule has 2 aromatic carbocycles. The molecule has 3 aromatic heterocycles. The van der Waals surface area contributed by atoms with Crippen LogP contribution < -0.4 is 43.0 Å². The van der Waals surface area contributed by atoms with E-state index in [1.54, 1.807) is 82.7 Å². The predicted octanol–water partition coefficient (Wildman–Crippen LogP) is 1.09. The number of nitrogens with one attached hydrogen (secondary N) is 3. The van der Waals surface area contributed by atoms with Gasteiger partial charge in [-0.25, -0.2) is 0 Å². The Morgan fingerprint density at radius 3 is 1.53 bits per heavy atom. The van der Waals surface area contributed by atoms with Crippen LogP contribution >= 0.6 is 0 Å². The summed E-state index contributed by atoms with van der Waals surface area (Å²) in [6.07, 6.45) is 5.05. The lowest BCUT2D eigenvalue weighted by molar-refractivity contribution is 0.0301. The summed E-state index contributed by atoms with van der Waals surface area (Å²) in [6, 6.07) is 18.9. The number of pyridine rings is 1. The Morgan fingerprint density at radius 1 is 0.586 bits per heavy atom. The number of anilines is 6. The van der Waals surface area contributed by atoms with Crippen molar-refractivity contribution < 1.29 is 33.4 Å². The van der Waals surface area contributed by atoms with Crippen molar-refractivity contribution in [3.8, 4) is 0 Å². The number of piperidine rings is 2. The van der Waals surface area contributed by atoms with E-state index in [2.05, 4.69) is 51.3 Å². The number of morpholine rings is 2. The molecule has 4 fully saturated rings. The van der Waals surface area contributed by atoms with Crippen molar-refractivity contribution in [3.63, 3.8) is 0 Å². The molecular formula is C46H55N17O7. The van der Waals surface area contributed by atoms with Gasteiger partial charge in [0.1, 0.15) is 5.69 Å². The fraction of sp³-hybridized carbons (Fsp3) is 0.391. The van der Waals surface area contributed by atoms with Crippen molar-refractivity contribution in [2.75, 3.05) is 99.2 Å². The SMILES string of the molecule is NC(=O)c1nnc(N2CCC[C@@H](N)C2)nc1Nc1ccc(C(=O)N2CCOCC2)cc1.NC(=O)c1nnc(N2CCC[C@@H](NC(=O)c3ccccn3)C2)nc1Nc1ccc(C(=O)N2CCOCC2)cc1. The first kappa shape index (κ1) is 48.5. The normalized spacial score (nSPS) is 18.2. The molecule has 4 aliphatic rings. The van der Waals surface area contributed by atoms with E-state index in [9.17, 15) is 24.0 Å². The van der Waals surface area contributed by atoms with Crippen molar-refractivity contribution in [1.82, 2.24) is 50.5 Å². The van der Waals surface area contributed by atoms with Gasteiger partial charge < -0.3 is 62.2 Å². The first-order valence-electron chi connectivity index (χ1n) is 23.0. The van der Waals surface area contributed by atoms with Gasteiger partial charge in [-0.05, 0) is 86.3 Å². The van der Waals surface area contributed by atoms with Crippen LogP contribution in [0.4, 0.5) is 34.9 Å². The molecule has 0 bridgehead atoms. The zero-order valence-electron chi connectivity index (χ0n) is 38.4. The lowest BCUT2D eigenvalue weighted by Crippen LogP contribution is -2.48. The van der Waals surface area contributed by atoms with Gasteiger partial charge in [0.2, 0.25) is 11.9 Å². The number of carbonyl (C=O) groups excluding carboxylic acids is 5. The number of primary amides is 2. The molecule has 0 saturated carbocycles. The van der Waals surface area contributed by atoms with Crippen LogP contribution in [0.25, 0.3) is 0 Å². The van der Waals surface area contributed by atoms with Crippen LogP contribution in [0.1, 0.15) is 77.9 Å². The van der Waals surface area contributed by atoms with Gasteiger partial charge in [-0.1, -0.05) is 6.07 Å². The minimum Gasteiger partial charge on any atom is -0.378 e. The van der Waals surface area contributed by atoms with Crippen LogP contribution in [-0.2, 0) is 9.47 Å². The minimum absolute atomic E-state index is 0.0416. The van der Waals surface area contributed by atoms with E-state index in [1.165, 1.54) is 0 Å². The zero-order chi connectivity index (χ0) is 49.0. The molecule has 4 saturated heterocycles. The summed E-state index contributed by atoms with van der Waals surface area (Å²) in [5.74, 6) is -0.804. The van der Waals surface area contributed by atoms with Gasteiger partial charge in [0.05, 0.1) is 26.4 Å². The van der Waals surface area contributed by atoms with Crippen LogP contribution in [-0.4, -0.2) is 166 Å². The third-order valence-electron chi connectivity index (χ3n) is 11.9. The molecule has 0 radical (unpaired) electrons. The van der Waals surface area contributed by atoms with Crippen LogP contribution in [0, 0.1) is 0 Å². The topological polar surface area (TPSA) is 321 Å². The van der Waals surface area contributed by atoms with E-state index in [4.69, 9.17) is 26.7 Å². The molecule has 24 heteroatoms. The fourth-order valence-corrected chi connectivity index (χ4v) is 8.20. The number of benzene rings is 2. The van der Waals surface area contributed by atoms with Gasteiger partial charge >= 0.3 is 0 Å². The molecule has 24 nitrogen and oxygen atoms in total. The first-order valence-corrected chi connectivity index (χ1v) is 23.0. The summed E-state index contributed by atoms with van der Waals surface area (Å²) >= 11 is 0. The molecule has 5 amide bonds. The molecule has 366 valence electrons. The second-order valence-corrected chi connectivity index (χ2v) is 16.9. The smallest absolute Gasteiger partial charge is 0.273 e. The van der Waals surface area contributed by atoms with Crippen molar-refractivity contribution in [1.29, 1.82) is 0 Å². The Labute approximate surface area is 402 Å². The molecule has 5 aromatic rings. The number of nitrogens with zero attached hydrogens (tertiary/aromatic N) is 11. The van der Waals surface area contributed by atoms with E-state index in [-0.39, 0.29) is 52.8 Å². The van der Waals surface area contributed by atoms with Crippen molar-refractivity contribution in [3.05, 3.63) is 101 Å². The van der Waals surface area contributed by atoms with Gasteiger partial charge in [-0.3, -0.25) is 29.0 Å². The van der Waals surface area contributed by atoms with Crippen LogP contribution in [0.2, 0.25) is 0 Å². The number of hydrogen-bond donors (Lipinski definition) is 6. The van der Waals surface area contributed by atoms with Crippen molar-refractivity contribution in [2.45, 2.75) is 37.8 Å². The summed E-state index contributed by atoms with van der Waals surface area (Å²) in [6.45, 7) is 6.93.